The first-order valence-electron chi connectivity index (χ1n) is 14.5. The van der Waals surface area contributed by atoms with Crippen molar-refractivity contribution in [1.29, 1.82) is 0 Å². The molecule has 3 aromatic rings. The molecule has 0 spiro atoms. The zero-order valence-electron chi connectivity index (χ0n) is 25.2. The lowest BCUT2D eigenvalue weighted by molar-refractivity contribution is -0.155. The first-order valence-corrected chi connectivity index (χ1v) is 15.2. The van der Waals surface area contributed by atoms with E-state index >= 15 is 0 Å². The van der Waals surface area contributed by atoms with Crippen LogP contribution in [-0.4, -0.2) is 47.2 Å². The number of ether oxygens (including phenoxy) is 3. The Kier molecular flexibility index (Phi) is 11.3. The van der Waals surface area contributed by atoms with E-state index in [-0.39, 0.29) is 37.5 Å². The van der Waals surface area contributed by atoms with Gasteiger partial charge in [-0.2, -0.15) is 0 Å². The molecule has 9 nitrogen and oxygen atoms in total. The zero-order valence-corrected chi connectivity index (χ0v) is 26.8. The van der Waals surface area contributed by atoms with E-state index in [2.05, 4.69) is 26.8 Å². The number of nitrogens with one attached hydrogen (secondary N) is 2. The van der Waals surface area contributed by atoms with Gasteiger partial charge in [-0.25, -0.2) is 19.2 Å². The third-order valence-corrected chi connectivity index (χ3v) is 7.49. The van der Waals surface area contributed by atoms with Gasteiger partial charge in [0.2, 0.25) is 5.90 Å². The molecule has 12 heteroatoms. The summed E-state index contributed by atoms with van der Waals surface area (Å²) in [5, 5.41) is 9.02. The van der Waals surface area contributed by atoms with Crippen molar-refractivity contribution in [3.05, 3.63) is 99.5 Å². The maximum Gasteiger partial charge on any atom is 0.306 e. The molecule has 0 aliphatic carbocycles. The number of hydrazine groups is 1. The molecule has 1 aliphatic heterocycles. The highest BCUT2D eigenvalue weighted by molar-refractivity contribution is 9.10. The minimum absolute atomic E-state index is 0.0145. The SMILES string of the molecule is CC(C)(C)OC(=O)CC[C@]1(C(=O)NNCc2cc(F)cc(F)c2)N=C(c2ccc(OCCCO)cc2)O[C@H]1c1ccccc1Br. The molecular formula is C33H36BrF2N3O6. The third-order valence-electron chi connectivity index (χ3n) is 6.76. The van der Waals surface area contributed by atoms with Crippen LogP contribution in [0, 0.1) is 11.6 Å². The first kappa shape index (κ1) is 34.0. The van der Waals surface area contributed by atoms with Crippen molar-refractivity contribution in [1.82, 2.24) is 10.9 Å². The van der Waals surface area contributed by atoms with E-state index in [1.165, 1.54) is 0 Å². The number of nitrogens with zero attached hydrogens (tertiary/aromatic N) is 1. The summed E-state index contributed by atoms with van der Waals surface area (Å²) >= 11 is 3.56. The molecule has 45 heavy (non-hydrogen) atoms. The molecule has 0 radical (unpaired) electrons. The second kappa shape index (κ2) is 14.9. The Morgan fingerprint density at radius 1 is 1.07 bits per heavy atom. The van der Waals surface area contributed by atoms with E-state index in [0.717, 1.165) is 18.2 Å². The molecule has 1 heterocycles. The Bertz CT molecular complexity index is 1510. The van der Waals surface area contributed by atoms with Crippen molar-refractivity contribution < 1.29 is 37.7 Å². The van der Waals surface area contributed by atoms with E-state index < -0.39 is 40.8 Å². The summed E-state index contributed by atoms with van der Waals surface area (Å²) in [5.74, 6) is -1.88. The second-order valence-corrected chi connectivity index (χ2v) is 12.3. The molecule has 0 saturated heterocycles. The van der Waals surface area contributed by atoms with Crippen molar-refractivity contribution in [3.8, 4) is 5.75 Å². The fourth-order valence-electron chi connectivity index (χ4n) is 4.77. The van der Waals surface area contributed by atoms with E-state index in [1.807, 2.05) is 12.1 Å². The number of aliphatic imine (C=N–C) groups is 1. The molecule has 240 valence electrons. The number of rotatable bonds is 13. The van der Waals surface area contributed by atoms with Gasteiger partial charge in [-0.05, 0) is 75.2 Å². The van der Waals surface area contributed by atoms with Gasteiger partial charge in [0.25, 0.3) is 5.91 Å². The number of hydrogen-bond acceptors (Lipinski definition) is 8. The summed E-state index contributed by atoms with van der Waals surface area (Å²) in [5.41, 5.74) is 4.42. The smallest absolute Gasteiger partial charge is 0.306 e. The van der Waals surface area contributed by atoms with Crippen LogP contribution in [-0.2, 0) is 25.6 Å². The minimum atomic E-state index is -1.66. The summed E-state index contributed by atoms with van der Waals surface area (Å²) in [7, 11) is 0. The van der Waals surface area contributed by atoms with Gasteiger partial charge in [-0.15, -0.1) is 0 Å². The van der Waals surface area contributed by atoms with Gasteiger partial charge >= 0.3 is 5.97 Å². The van der Waals surface area contributed by atoms with Gasteiger partial charge in [0.1, 0.15) is 23.0 Å². The average molecular weight is 689 g/mol. The molecule has 0 unspecified atom stereocenters. The molecule has 3 N–H and O–H groups in total. The van der Waals surface area contributed by atoms with Crippen molar-refractivity contribution >= 4 is 33.7 Å². The van der Waals surface area contributed by atoms with Crippen LogP contribution in [0.15, 0.2) is 76.2 Å². The van der Waals surface area contributed by atoms with Crippen LogP contribution in [0.25, 0.3) is 0 Å². The number of esters is 1. The Morgan fingerprint density at radius 3 is 2.40 bits per heavy atom. The van der Waals surface area contributed by atoms with Crippen molar-refractivity contribution in [3.63, 3.8) is 0 Å². The molecule has 1 aliphatic rings. The Balaban J connectivity index is 1.69. The Hall–Kier alpha value is -3.87. The van der Waals surface area contributed by atoms with E-state index in [4.69, 9.17) is 24.3 Å². The van der Waals surface area contributed by atoms with E-state index in [0.29, 0.717) is 34.4 Å². The molecule has 3 aromatic carbocycles. The molecule has 0 bridgehead atoms. The zero-order chi connectivity index (χ0) is 32.6. The lowest BCUT2D eigenvalue weighted by Crippen LogP contribution is -2.52. The summed E-state index contributed by atoms with van der Waals surface area (Å²) in [4.78, 5) is 31.9. The molecule has 0 saturated carbocycles. The predicted octanol–water partition coefficient (Wildman–Crippen LogP) is 5.69. The molecule has 0 aromatic heterocycles. The molecule has 4 rings (SSSR count). The summed E-state index contributed by atoms with van der Waals surface area (Å²) in [6, 6.07) is 17.2. The lowest BCUT2D eigenvalue weighted by atomic mass is 9.83. The Morgan fingerprint density at radius 2 is 1.76 bits per heavy atom. The lowest BCUT2D eigenvalue weighted by Gasteiger charge is -2.31. The van der Waals surface area contributed by atoms with Gasteiger partial charge in [-0.1, -0.05) is 34.1 Å². The highest BCUT2D eigenvalue weighted by atomic mass is 79.9. The molecular weight excluding hydrogens is 652 g/mol. The first-order chi connectivity index (χ1) is 21.4. The molecule has 0 fully saturated rings. The van der Waals surface area contributed by atoms with Crippen LogP contribution in [0.3, 0.4) is 0 Å². The van der Waals surface area contributed by atoms with Gasteiger partial charge in [0.05, 0.1) is 6.61 Å². The highest BCUT2D eigenvalue weighted by Crippen LogP contribution is 2.45. The number of amides is 1. The monoisotopic (exact) mass is 687 g/mol. The molecule has 1 amide bonds. The number of aliphatic hydroxyl groups is 1. The van der Waals surface area contributed by atoms with Crippen LogP contribution < -0.4 is 15.6 Å². The fourth-order valence-corrected chi connectivity index (χ4v) is 5.26. The molecule has 2 atom stereocenters. The van der Waals surface area contributed by atoms with Gasteiger partial charge in [-0.3, -0.25) is 15.0 Å². The van der Waals surface area contributed by atoms with E-state index in [9.17, 15) is 18.4 Å². The van der Waals surface area contributed by atoms with Gasteiger partial charge < -0.3 is 19.3 Å². The second-order valence-electron chi connectivity index (χ2n) is 11.5. The Labute approximate surface area is 269 Å². The predicted molar refractivity (Wildman–Crippen MR) is 167 cm³/mol. The quantitative estimate of drug-likeness (QED) is 0.120. The van der Waals surface area contributed by atoms with Crippen molar-refractivity contribution in [2.45, 2.75) is 63.8 Å². The topological polar surface area (TPSA) is 118 Å². The highest BCUT2D eigenvalue weighted by Gasteiger charge is 2.54. The van der Waals surface area contributed by atoms with Crippen LogP contribution in [0.1, 0.15) is 62.8 Å². The van der Waals surface area contributed by atoms with Gasteiger partial charge in [0.15, 0.2) is 11.6 Å². The largest absolute Gasteiger partial charge is 0.494 e. The van der Waals surface area contributed by atoms with Crippen LogP contribution >= 0.6 is 15.9 Å². The number of halogens is 3. The minimum Gasteiger partial charge on any atom is -0.494 e. The maximum atomic E-state index is 14.1. The van der Waals surface area contributed by atoms with Gasteiger partial charge in [0, 0.05) is 47.7 Å². The van der Waals surface area contributed by atoms with Crippen LogP contribution in [0.4, 0.5) is 8.78 Å². The van der Waals surface area contributed by atoms with Crippen molar-refractivity contribution in [2.75, 3.05) is 13.2 Å². The number of hydrogen-bond donors (Lipinski definition) is 3. The van der Waals surface area contributed by atoms with Crippen LogP contribution in [0.2, 0.25) is 0 Å². The maximum absolute atomic E-state index is 14.1. The third kappa shape index (κ3) is 9.09. The average Bonchev–Trinajstić information content (AvgIpc) is 3.36. The summed E-state index contributed by atoms with van der Waals surface area (Å²) in [6.45, 7) is 5.53. The fraction of sp³-hybridized carbons (Fsp3) is 0.364. The number of benzene rings is 3. The van der Waals surface area contributed by atoms with Crippen LogP contribution in [0.5, 0.6) is 5.75 Å². The summed E-state index contributed by atoms with van der Waals surface area (Å²) < 4.78 is 45.7. The summed E-state index contributed by atoms with van der Waals surface area (Å²) in [6.07, 6.45) is -0.720. The normalized spacial score (nSPS) is 17.8. The standard InChI is InChI=1S/C33H36BrF2N3O6/c1-32(2,3)45-28(41)13-14-33(31(42)39-37-20-21-17-23(35)19-24(36)18-21)29(26-7-4-5-8-27(26)34)44-30(38-33)22-9-11-25(12-10-22)43-16-6-15-40/h4-5,7-12,17-19,29,37,40H,6,13-16,20H2,1-3H3,(H,39,42)/t29-,33-/m0/s1. The van der Waals surface area contributed by atoms with Crippen molar-refractivity contribution in [2.24, 2.45) is 4.99 Å². The number of carbonyl (C=O) groups is 2. The van der Waals surface area contributed by atoms with E-state index in [1.54, 1.807) is 57.2 Å². The number of aliphatic hydroxyl groups excluding tert-OH is 1. The number of carbonyl (C=O) groups excluding carboxylic acids is 2.